The zero-order chi connectivity index (χ0) is 42.6. The van der Waals surface area contributed by atoms with Gasteiger partial charge in [0.05, 0.1) is 6.61 Å². The highest BCUT2D eigenvalue weighted by molar-refractivity contribution is 5.69. The van der Waals surface area contributed by atoms with E-state index in [0.29, 0.717) is 13.0 Å². The number of ether oxygens (including phenoxy) is 1. The molecule has 0 amide bonds. The quantitative estimate of drug-likeness (QED) is 0.0347. The van der Waals surface area contributed by atoms with Crippen LogP contribution in [0.1, 0.15) is 335 Å². The van der Waals surface area contributed by atoms with E-state index in [2.05, 4.69) is 32.9 Å². The highest BCUT2D eigenvalue weighted by Crippen LogP contribution is 2.18. The number of hydrogen-bond acceptors (Lipinski definition) is 2. The van der Waals surface area contributed by atoms with Crippen LogP contribution in [-0.2, 0) is 9.53 Å². The molecule has 0 bridgehead atoms. The van der Waals surface area contributed by atoms with Crippen LogP contribution in [0.3, 0.4) is 0 Å². The largest absolute Gasteiger partial charge is 0.466 e. The van der Waals surface area contributed by atoms with Crippen molar-refractivity contribution in [3.8, 4) is 0 Å². The molecule has 0 aromatic rings. The minimum absolute atomic E-state index is 0.0311. The normalized spacial score (nSPS) is 12.3. The first-order valence-corrected chi connectivity index (χ1v) is 28.0. The second-order valence-electron chi connectivity index (χ2n) is 19.5. The van der Waals surface area contributed by atoms with Crippen LogP contribution in [0.2, 0.25) is 0 Å². The lowest BCUT2D eigenvalue weighted by Crippen LogP contribution is -2.05. The van der Waals surface area contributed by atoms with Crippen molar-refractivity contribution in [3.63, 3.8) is 0 Å². The molecule has 2 nitrogen and oxygen atoms in total. The van der Waals surface area contributed by atoms with E-state index >= 15 is 0 Å². The van der Waals surface area contributed by atoms with E-state index in [0.717, 1.165) is 18.8 Å². The topological polar surface area (TPSA) is 26.3 Å². The SMILES string of the molecule is CCCCCCCCC=CCCCCCCCCCCCCCC(=O)OCCCCCCCCCCCCCCCCCCCCCCCCCCCCCC(C)CC. The van der Waals surface area contributed by atoms with Gasteiger partial charge in [0.1, 0.15) is 0 Å². The predicted molar refractivity (Wildman–Crippen MR) is 267 cm³/mol. The maximum atomic E-state index is 12.1. The average molecular weight is 830 g/mol. The fourth-order valence-electron chi connectivity index (χ4n) is 8.88. The Morgan fingerprint density at radius 2 is 0.627 bits per heavy atom. The van der Waals surface area contributed by atoms with Gasteiger partial charge in [-0.1, -0.05) is 303 Å². The molecular weight excluding hydrogens is 717 g/mol. The van der Waals surface area contributed by atoms with Gasteiger partial charge in [0.2, 0.25) is 0 Å². The molecule has 0 aromatic heterocycles. The van der Waals surface area contributed by atoms with Crippen LogP contribution in [0.4, 0.5) is 0 Å². The number of unbranched alkanes of at least 4 members (excludes halogenated alkanes) is 43. The molecule has 0 heterocycles. The lowest BCUT2D eigenvalue weighted by atomic mass is 9.99. The smallest absolute Gasteiger partial charge is 0.305 e. The molecule has 0 fully saturated rings. The highest BCUT2D eigenvalue weighted by atomic mass is 16.5. The Morgan fingerprint density at radius 1 is 0.356 bits per heavy atom. The van der Waals surface area contributed by atoms with Gasteiger partial charge in [0.25, 0.3) is 0 Å². The number of hydrogen-bond donors (Lipinski definition) is 0. The summed E-state index contributed by atoms with van der Waals surface area (Å²) in [5, 5.41) is 0. The fraction of sp³-hybridized carbons (Fsp3) is 0.947. The fourth-order valence-corrected chi connectivity index (χ4v) is 8.88. The van der Waals surface area contributed by atoms with Crippen molar-refractivity contribution in [2.24, 2.45) is 5.92 Å². The minimum atomic E-state index is 0.0311. The zero-order valence-electron chi connectivity index (χ0n) is 41.4. The Balaban J connectivity index is 3.16. The second kappa shape index (κ2) is 53.3. The van der Waals surface area contributed by atoms with Crippen LogP contribution >= 0.6 is 0 Å². The number of carbonyl (C=O) groups excluding carboxylic acids is 1. The first kappa shape index (κ1) is 58.2. The van der Waals surface area contributed by atoms with Crippen molar-refractivity contribution in [1.29, 1.82) is 0 Å². The zero-order valence-corrected chi connectivity index (χ0v) is 41.4. The van der Waals surface area contributed by atoms with Crippen LogP contribution in [0, 0.1) is 5.92 Å². The first-order chi connectivity index (χ1) is 29.2. The van der Waals surface area contributed by atoms with Crippen molar-refractivity contribution >= 4 is 5.97 Å². The summed E-state index contributed by atoms with van der Waals surface area (Å²) in [5.74, 6) is 0.969. The highest BCUT2D eigenvalue weighted by Gasteiger charge is 2.03. The van der Waals surface area contributed by atoms with Crippen molar-refractivity contribution in [2.75, 3.05) is 6.61 Å². The molecule has 0 aromatic carbocycles. The third-order valence-corrected chi connectivity index (χ3v) is 13.4. The number of allylic oxidation sites excluding steroid dienone is 2. The molecule has 0 saturated heterocycles. The summed E-state index contributed by atoms with van der Waals surface area (Å²) in [7, 11) is 0. The van der Waals surface area contributed by atoms with Gasteiger partial charge in [-0.05, 0) is 44.4 Å². The molecule has 0 saturated carbocycles. The van der Waals surface area contributed by atoms with Gasteiger partial charge in [0.15, 0.2) is 0 Å². The van der Waals surface area contributed by atoms with E-state index in [1.807, 2.05) is 0 Å². The summed E-state index contributed by atoms with van der Waals surface area (Å²) in [6.45, 7) is 7.65. The summed E-state index contributed by atoms with van der Waals surface area (Å²) in [4.78, 5) is 12.1. The van der Waals surface area contributed by atoms with Crippen molar-refractivity contribution < 1.29 is 9.53 Å². The number of carbonyl (C=O) groups is 1. The third-order valence-electron chi connectivity index (χ3n) is 13.4. The molecule has 59 heavy (non-hydrogen) atoms. The molecular formula is C57H112O2. The lowest BCUT2D eigenvalue weighted by molar-refractivity contribution is -0.143. The van der Waals surface area contributed by atoms with E-state index < -0.39 is 0 Å². The Labute approximate surface area is 374 Å². The molecule has 0 rings (SSSR count). The Bertz CT molecular complexity index is 788. The van der Waals surface area contributed by atoms with Gasteiger partial charge in [-0.15, -0.1) is 0 Å². The summed E-state index contributed by atoms with van der Waals surface area (Å²) < 4.78 is 5.51. The molecule has 0 aliphatic carbocycles. The van der Waals surface area contributed by atoms with E-state index in [-0.39, 0.29) is 5.97 Å². The van der Waals surface area contributed by atoms with Crippen LogP contribution in [0.25, 0.3) is 0 Å². The standard InChI is InChI=1S/C57H112O2/c1-4-6-7-8-9-10-11-12-13-14-15-23-27-30-33-36-39-42-45-48-51-54-57(58)59-55-52-49-46-43-40-37-34-31-28-25-22-20-18-16-17-19-21-24-26-29-32-35-38-41-44-47-50-53-56(3)5-2/h12-13,56H,4-11,14-55H2,1-3H3. The second-order valence-corrected chi connectivity index (χ2v) is 19.5. The molecule has 352 valence electrons. The van der Waals surface area contributed by atoms with E-state index in [4.69, 9.17) is 4.74 Å². The molecule has 2 heteroatoms. The summed E-state index contributed by atoms with van der Waals surface area (Å²) in [6.07, 6.45) is 72.3. The lowest BCUT2D eigenvalue weighted by Gasteiger charge is -2.07. The average Bonchev–Trinajstić information content (AvgIpc) is 3.24. The van der Waals surface area contributed by atoms with Gasteiger partial charge in [-0.25, -0.2) is 0 Å². The first-order valence-electron chi connectivity index (χ1n) is 28.0. The summed E-state index contributed by atoms with van der Waals surface area (Å²) in [5.41, 5.74) is 0. The maximum Gasteiger partial charge on any atom is 0.305 e. The monoisotopic (exact) mass is 829 g/mol. The van der Waals surface area contributed by atoms with Gasteiger partial charge in [0, 0.05) is 6.42 Å². The van der Waals surface area contributed by atoms with E-state index in [1.165, 1.54) is 295 Å². The van der Waals surface area contributed by atoms with Crippen LogP contribution < -0.4 is 0 Å². The van der Waals surface area contributed by atoms with Gasteiger partial charge >= 0.3 is 5.97 Å². The van der Waals surface area contributed by atoms with E-state index in [9.17, 15) is 4.79 Å². The van der Waals surface area contributed by atoms with Crippen LogP contribution in [0.15, 0.2) is 12.2 Å². The van der Waals surface area contributed by atoms with Crippen LogP contribution in [0.5, 0.6) is 0 Å². The molecule has 0 radical (unpaired) electrons. The Morgan fingerprint density at radius 3 is 0.949 bits per heavy atom. The minimum Gasteiger partial charge on any atom is -0.466 e. The maximum absolute atomic E-state index is 12.1. The van der Waals surface area contributed by atoms with Crippen molar-refractivity contribution in [2.45, 2.75) is 335 Å². The van der Waals surface area contributed by atoms with Gasteiger partial charge in [-0.2, -0.15) is 0 Å². The molecule has 1 unspecified atom stereocenters. The Kier molecular flexibility index (Phi) is 52.6. The summed E-state index contributed by atoms with van der Waals surface area (Å²) in [6, 6.07) is 0. The molecule has 0 aliphatic rings. The van der Waals surface area contributed by atoms with Crippen LogP contribution in [-0.4, -0.2) is 12.6 Å². The predicted octanol–water partition coefficient (Wildman–Crippen LogP) is 20.9. The molecule has 0 N–H and O–H groups in total. The molecule has 1 atom stereocenters. The third kappa shape index (κ3) is 53.3. The molecule has 0 spiro atoms. The van der Waals surface area contributed by atoms with Crippen molar-refractivity contribution in [3.05, 3.63) is 12.2 Å². The van der Waals surface area contributed by atoms with Gasteiger partial charge < -0.3 is 4.74 Å². The summed E-state index contributed by atoms with van der Waals surface area (Å²) >= 11 is 0. The number of rotatable bonds is 52. The Hall–Kier alpha value is -0.790. The van der Waals surface area contributed by atoms with Crippen molar-refractivity contribution in [1.82, 2.24) is 0 Å². The molecule has 0 aliphatic heterocycles. The van der Waals surface area contributed by atoms with Gasteiger partial charge in [-0.3, -0.25) is 4.79 Å². The number of esters is 1. The van der Waals surface area contributed by atoms with E-state index in [1.54, 1.807) is 0 Å².